The largest absolute Gasteiger partial charge is 0.291 e. The van der Waals surface area contributed by atoms with Crippen LogP contribution >= 0.6 is 0 Å². The zero-order valence-corrected chi connectivity index (χ0v) is 11.7. The van der Waals surface area contributed by atoms with Crippen LogP contribution in [0.3, 0.4) is 0 Å². The summed E-state index contributed by atoms with van der Waals surface area (Å²) < 4.78 is 0. The molecule has 104 valence electrons. The summed E-state index contributed by atoms with van der Waals surface area (Å²) in [7, 11) is 0. The number of nitrogens with one attached hydrogen (secondary N) is 2. The highest BCUT2D eigenvalue weighted by atomic mass is 16.2. The van der Waals surface area contributed by atoms with Gasteiger partial charge in [-0.25, -0.2) is 5.43 Å². The van der Waals surface area contributed by atoms with Crippen LogP contribution in [0.15, 0.2) is 35.7 Å². The Kier molecular flexibility index (Phi) is 4.24. The SMILES string of the molecule is C/C(=N/NC(=O)c1cc(C(C)C)[nH]n1)c1ccncc1. The van der Waals surface area contributed by atoms with Gasteiger partial charge >= 0.3 is 0 Å². The second kappa shape index (κ2) is 6.10. The summed E-state index contributed by atoms with van der Waals surface area (Å²) >= 11 is 0. The number of carbonyl (C=O) groups is 1. The van der Waals surface area contributed by atoms with E-state index >= 15 is 0 Å². The lowest BCUT2D eigenvalue weighted by molar-refractivity contribution is 0.0950. The van der Waals surface area contributed by atoms with Gasteiger partial charge in [-0.05, 0) is 31.0 Å². The summed E-state index contributed by atoms with van der Waals surface area (Å²) in [5.41, 5.74) is 5.37. The quantitative estimate of drug-likeness (QED) is 0.659. The van der Waals surface area contributed by atoms with Crippen molar-refractivity contribution in [2.24, 2.45) is 5.10 Å². The van der Waals surface area contributed by atoms with Gasteiger partial charge in [0.1, 0.15) is 0 Å². The predicted octanol–water partition coefficient (Wildman–Crippen LogP) is 2.08. The molecule has 1 amide bonds. The first kappa shape index (κ1) is 13.9. The minimum Gasteiger partial charge on any atom is -0.282 e. The van der Waals surface area contributed by atoms with Crippen molar-refractivity contribution in [2.75, 3.05) is 0 Å². The molecule has 2 aromatic heterocycles. The summed E-state index contributed by atoms with van der Waals surface area (Å²) in [5, 5.41) is 10.9. The molecule has 0 unspecified atom stereocenters. The molecule has 0 saturated carbocycles. The van der Waals surface area contributed by atoms with Crippen LogP contribution in [-0.2, 0) is 0 Å². The van der Waals surface area contributed by atoms with Crippen molar-refractivity contribution in [3.8, 4) is 0 Å². The van der Waals surface area contributed by atoms with Crippen LogP contribution in [0.2, 0.25) is 0 Å². The zero-order chi connectivity index (χ0) is 14.5. The van der Waals surface area contributed by atoms with Crippen LogP contribution in [0.1, 0.15) is 48.4 Å². The lowest BCUT2D eigenvalue weighted by Gasteiger charge is -2.00. The van der Waals surface area contributed by atoms with E-state index in [0.717, 1.165) is 11.3 Å². The van der Waals surface area contributed by atoms with E-state index in [4.69, 9.17) is 0 Å². The number of H-pyrrole nitrogens is 1. The number of hydrogen-bond donors (Lipinski definition) is 2. The summed E-state index contributed by atoms with van der Waals surface area (Å²) in [6.07, 6.45) is 3.36. The molecule has 0 spiro atoms. The topological polar surface area (TPSA) is 83.0 Å². The van der Waals surface area contributed by atoms with Gasteiger partial charge in [-0.15, -0.1) is 0 Å². The van der Waals surface area contributed by atoms with Gasteiger partial charge in [0.25, 0.3) is 5.91 Å². The predicted molar refractivity (Wildman–Crippen MR) is 76.6 cm³/mol. The number of aromatic amines is 1. The molecule has 0 aliphatic rings. The number of hydrogen-bond acceptors (Lipinski definition) is 4. The van der Waals surface area contributed by atoms with Gasteiger partial charge in [0.2, 0.25) is 0 Å². The second-order valence-corrected chi connectivity index (χ2v) is 4.74. The molecule has 6 heteroatoms. The molecule has 2 rings (SSSR count). The Morgan fingerprint density at radius 2 is 2.05 bits per heavy atom. The zero-order valence-electron chi connectivity index (χ0n) is 11.7. The molecular formula is C14H17N5O. The molecule has 2 N–H and O–H groups in total. The summed E-state index contributed by atoms with van der Waals surface area (Å²) in [6.45, 7) is 5.88. The van der Waals surface area contributed by atoms with Crippen molar-refractivity contribution in [1.82, 2.24) is 20.6 Å². The van der Waals surface area contributed by atoms with E-state index in [1.807, 2.05) is 32.9 Å². The van der Waals surface area contributed by atoms with E-state index in [0.29, 0.717) is 17.3 Å². The first-order valence-corrected chi connectivity index (χ1v) is 6.38. The van der Waals surface area contributed by atoms with Crippen molar-refractivity contribution >= 4 is 11.6 Å². The van der Waals surface area contributed by atoms with E-state index in [2.05, 4.69) is 25.7 Å². The van der Waals surface area contributed by atoms with Gasteiger partial charge in [0.15, 0.2) is 5.69 Å². The molecule has 0 aromatic carbocycles. The number of nitrogens with zero attached hydrogens (tertiary/aromatic N) is 3. The third-order valence-electron chi connectivity index (χ3n) is 2.88. The number of pyridine rings is 1. The molecule has 2 aromatic rings. The van der Waals surface area contributed by atoms with Gasteiger partial charge in [0, 0.05) is 23.7 Å². The van der Waals surface area contributed by atoms with Crippen LogP contribution in [-0.4, -0.2) is 26.8 Å². The molecular weight excluding hydrogens is 254 g/mol. The smallest absolute Gasteiger partial charge is 0.282 e. The number of rotatable bonds is 4. The summed E-state index contributed by atoms with van der Waals surface area (Å²) in [5.74, 6) is -0.0346. The average Bonchev–Trinajstić information content (AvgIpc) is 2.95. The highest BCUT2D eigenvalue weighted by Gasteiger charge is 2.11. The Hall–Kier alpha value is -2.50. The van der Waals surface area contributed by atoms with Crippen molar-refractivity contribution in [3.63, 3.8) is 0 Å². The summed E-state index contributed by atoms with van der Waals surface area (Å²) in [6, 6.07) is 5.39. The first-order valence-electron chi connectivity index (χ1n) is 6.38. The van der Waals surface area contributed by atoms with Gasteiger partial charge in [0.05, 0.1) is 5.71 Å². The first-order chi connectivity index (χ1) is 9.58. The molecule has 0 aliphatic heterocycles. The highest BCUT2D eigenvalue weighted by molar-refractivity contribution is 6.00. The van der Waals surface area contributed by atoms with Gasteiger partial charge in [-0.2, -0.15) is 10.2 Å². The van der Waals surface area contributed by atoms with E-state index in [-0.39, 0.29) is 5.91 Å². The van der Waals surface area contributed by atoms with Crippen molar-refractivity contribution in [1.29, 1.82) is 0 Å². The number of amides is 1. The molecule has 0 aliphatic carbocycles. The number of hydrazone groups is 1. The molecule has 20 heavy (non-hydrogen) atoms. The molecule has 0 fully saturated rings. The minimum absolute atomic E-state index is 0.297. The molecule has 0 saturated heterocycles. The Labute approximate surface area is 117 Å². The average molecular weight is 271 g/mol. The third kappa shape index (κ3) is 3.28. The van der Waals surface area contributed by atoms with Gasteiger partial charge < -0.3 is 0 Å². The van der Waals surface area contributed by atoms with Crippen molar-refractivity contribution in [3.05, 3.63) is 47.5 Å². The number of carbonyl (C=O) groups excluding carboxylic acids is 1. The van der Waals surface area contributed by atoms with E-state index in [9.17, 15) is 4.79 Å². The monoisotopic (exact) mass is 271 g/mol. The van der Waals surface area contributed by atoms with E-state index in [1.165, 1.54) is 0 Å². The standard InChI is InChI=1S/C14H17N5O/c1-9(2)12-8-13(18-17-12)14(20)19-16-10(3)11-4-6-15-7-5-11/h4-9H,1-3H3,(H,17,18)(H,19,20)/b16-10-. The molecule has 6 nitrogen and oxygen atoms in total. The maximum Gasteiger partial charge on any atom is 0.291 e. The third-order valence-corrected chi connectivity index (χ3v) is 2.88. The van der Waals surface area contributed by atoms with E-state index < -0.39 is 0 Å². The highest BCUT2D eigenvalue weighted by Crippen LogP contribution is 2.11. The fourth-order valence-corrected chi connectivity index (χ4v) is 1.60. The van der Waals surface area contributed by atoms with E-state index in [1.54, 1.807) is 18.5 Å². The van der Waals surface area contributed by atoms with Crippen LogP contribution in [0.4, 0.5) is 0 Å². The van der Waals surface area contributed by atoms with Crippen molar-refractivity contribution in [2.45, 2.75) is 26.7 Å². The molecule has 0 atom stereocenters. The Balaban J connectivity index is 2.04. The van der Waals surface area contributed by atoms with Crippen LogP contribution in [0.5, 0.6) is 0 Å². The number of aromatic nitrogens is 3. The Morgan fingerprint density at radius 3 is 2.65 bits per heavy atom. The van der Waals surface area contributed by atoms with Gasteiger partial charge in [-0.1, -0.05) is 13.8 Å². The molecule has 2 heterocycles. The molecule has 0 bridgehead atoms. The van der Waals surface area contributed by atoms with Gasteiger partial charge in [-0.3, -0.25) is 14.9 Å². The maximum atomic E-state index is 11.9. The normalized spacial score (nSPS) is 11.7. The van der Waals surface area contributed by atoms with Crippen LogP contribution in [0.25, 0.3) is 0 Å². The second-order valence-electron chi connectivity index (χ2n) is 4.74. The minimum atomic E-state index is -0.332. The maximum absolute atomic E-state index is 11.9. The lowest BCUT2D eigenvalue weighted by Crippen LogP contribution is -2.19. The Morgan fingerprint density at radius 1 is 1.35 bits per heavy atom. The lowest BCUT2D eigenvalue weighted by atomic mass is 10.1. The van der Waals surface area contributed by atoms with Crippen LogP contribution in [0, 0.1) is 0 Å². The van der Waals surface area contributed by atoms with Crippen LogP contribution < -0.4 is 5.43 Å². The fourth-order valence-electron chi connectivity index (χ4n) is 1.60. The fraction of sp³-hybridized carbons (Fsp3) is 0.286. The Bertz CT molecular complexity index is 616. The molecule has 0 radical (unpaired) electrons. The summed E-state index contributed by atoms with van der Waals surface area (Å²) in [4.78, 5) is 15.8. The van der Waals surface area contributed by atoms with Crippen molar-refractivity contribution < 1.29 is 4.79 Å².